The summed E-state index contributed by atoms with van der Waals surface area (Å²) in [5, 5.41) is 6.48. The van der Waals surface area contributed by atoms with Gasteiger partial charge in [-0.2, -0.15) is 15.1 Å². The highest BCUT2D eigenvalue weighted by Gasteiger charge is 2.19. The summed E-state index contributed by atoms with van der Waals surface area (Å²) in [7, 11) is 4.65. The van der Waals surface area contributed by atoms with Crippen LogP contribution < -0.4 is 20.5 Å². The van der Waals surface area contributed by atoms with Gasteiger partial charge < -0.3 is 15.2 Å². The number of methoxy groups -OCH3 is 2. The van der Waals surface area contributed by atoms with Crippen LogP contribution in [0.3, 0.4) is 0 Å². The van der Waals surface area contributed by atoms with Gasteiger partial charge in [-0.3, -0.25) is 14.8 Å². The van der Waals surface area contributed by atoms with Crippen molar-refractivity contribution in [3.05, 3.63) is 24.0 Å². The predicted octanol–water partition coefficient (Wildman–Crippen LogP) is -0.134. The van der Waals surface area contributed by atoms with Crippen molar-refractivity contribution in [2.24, 2.45) is 12.8 Å². The lowest BCUT2D eigenvalue weighted by atomic mass is 10.1. The first-order valence-corrected chi connectivity index (χ1v) is 6.05. The largest absolute Gasteiger partial charge is 0.481 e. The molecule has 0 aliphatic rings. The highest BCUT2D eigenvalue weighted by atomic mass is 16.5. The zero-order valence-electron chi connectivity index (χ0n) is 11.9. The molecule has 21 heavy (non-hydrogen) atoms. The molecule has 9 heteroatoms. The summed E-state index contributed by atoms with van der Waals surface area (Å²) in [5.74, 6) is 0.132. The Bertz CT molecular complexity index is 619. The molecule has 1 amide bonds. The van der Waals surface area contributed by atoms with Gasteiger partial charge in [-0.05, 0) is 0 Å². The number of rotatable bonds is 5. The summed E-state index contributed by atoms with van der Waals surface area (Å²) in [6, 6.07) is 0.621. The van der Waals surface area contributed by atoms with Crippen LogP contribution in [0.25, 0.3) is 0 Å². The van der Waals surface area contributed by atoms with E-state index < -0.39 is 11.9 Å². The van der Waals surface area contributed by atoms with Crippen LogP contribution in [0, 0.1) is 0 Å². The molecule has 9 nitrogen and oxygen atoms in total. The van der Waals surface area contributed by atoms with Gasteiger partial charge in [0.15, 0.2) is 0 Å². The molecular formula is C12H16N6O3. The number of anilines is 1. The average molecular weight is 292 g/mol. The maximum atomic E-state index is 12.1. The lowest BCUT2D eigenvalue weighted by molar-refractivity contribution is -0.117. The van der Waals surface area contributed by atoms with Crippen LogP contribution in [0.4, 0.5) is 5.95 Å². The molecule has 2 heterocycles. The van der Waals surface area contributed by atoms with E-state index in [0.29, 0.717) is 5.56 Å². The second kappa shape index (κ2) is 6.18. The molecule has 3 N–H and O–H groups in total. The van der Waals surface area contributed by atoms with E-state index in [1.165, 1.54) is 26.5 Å². The van der Waals surface area contributed by atoms with Crippen molar-refractivity contribution in [2.45, 2.75) is 6.04 Å². The Balaban J connectivity index is 2.15. The molecule has 112 valence electrons. The molecule has 0 saturated heterocycles. The Morgan fingerprint density at radius 2 is 1.95 bits per heavy atom. The van der Waals surface area contributed by atoms with Crippen molar-refractivity contribution in [3.63, 3.8) is 0 Å². The van der Waals surface area contributed by atoms with Crippen molar-refractivity contribution in [3.8, 4) is 11.8 Å². The molecule has 0 saturated carbocycles. The van der Waals surface area contributed by atoms with Crippen molar-refractivity contribution < 1.29 is 14.3 Å². The van der Waals surface area contributed by atoms with Gasteiger partial charge in [0.25, 0.3) is 0 Å². The molecule has 0 aliphatic heterocycles. The van der Waals surface area contributed by atoms with Crippen LogP contribution in [-0.2, 0) is 11.8 Å². The molecule has 2 aromatic heterocycles. The van der Waals surface area contributed by atoms with Gasteiger partial charge in [0.1, 0.15) is 6.04 Å². The first-order valence-electron chi connectivity index (χ1n) is 6.05. The van der Waals surface area contributed by atoms with Crippen molar-refractivity contribution in [1.29, 1.82) is 0 Å². The zero-order chi connectivity index (χ0) is 15.4. The third-order valence-electron chi connectivity index (χ3n) is 2.70. The summed E-state index contributed by atoms with van der Waals surface area (Å²) in [5.41, 5.74) is 6.45. The molecule has 1 atom stereocenters. The highest BCUT2D eigenvalue weighted by molar-refractivity contribution is 5.93. The number of amides is 1. The third kappa shape index (κ3) is 3.45. The van der Waals surface area contributed by atoms with Crippen molar-refractivity contribution in [1.82, 2.24) is 19.7 Å². The topological polar surface area (TPSA) is 117 Å². The van der Waals surface area contributed by atoms with Crippen LogP contribution in [0.15, 0.2) is 18.5 Å². The van der Waals surface area contributed by atoms with Crippen LogP contribution in [0.5, 0.6) is 11.8 Å². The second-order valence-electron chi connectivity index (χ2n) is 4.19. The van der Waals surface area contributed by atoms with Crippen LogP contribution in [0.2, 0.25) is 0 Å². The zero-order valence-corrected chi connectivity index (χ0v) is 11.9. The number of hydrogen-bond acceptors (Lipinski definition) is 7. The molecule has 0 bridgehead atoms. The van der Waals surface area contributed by atoms with Gasteiger partial charge >= 0.3 is 0 Å². The number of hydrogen-bond donors (Lipinski definition) is 2. The monoisotopic (exact) mass is 292 g/mol. The fourth-order valence-electron chi connectivity index (χ4n) is 1.61. The predicted molar refractivity (Wildman–Crippen MR) is 73.9 cm³/mol. The molecular weight excluding hydrogens is 276 g/mol. The number of nitrogens with one attached hydrogen (secondary N) is 1. The van der Waals surface area contributed by atoms with Gasteiger partial charge in [-0.15, -0.1) is 0 Å². The minimum absolute atomic E-state index is 0.0514. The van der Waals surface area contributed by atoms with Crippen molar-refractivity contribution in [2.75, 3.05) is 19.5 Å². The molecule has 0 aromatic carbocycles. The summed E-state index contributed by atoms with van der Waals surface area (Å²) in [6.45, 7) is 0. The van der Waals surface area contributed by atoms with Gasteiger partial charge in [-0.1, -0.05) is 0 Å². The minimum Gasteiger partial charge on any atom is -0.481 e. The molecule has 0 fully saturated rings. The summed E-state index contributed by atoms with van der Waals surface area (Å²) < 4.78 is 11.6. The third-order valence-corrected chi connectivity index (χ3v) is 2.70. The molecule has 2 rings (SSSR count). The number of nitrogens with zero attached hydrogens (tertiary/aromatic N) is 4. The Labute approximate surface area is 121 Å². The number of ether oxygens (including phenoxy) is 2. The van der Waals surface area contributed by atoms with E-state index in [1.54, 1.807) is 17.9 Å². The van der Waals surface area contributed by atoms with E-state index in [0.717, 1.165) is 0 Å². The first-order chi connectivity index (χ1) is 10.0. The summed E-state index contributed by atoms with van der Waals surface area (Å²) in [6.07, 6.45) is 3.19. The standard InChI is InChI=1S/C12H16N6O3/c1-18-6-7(5-14-18)10(13)11(19)17-12-15-8(20-2)4-9(16-12)21-3/h4-6,10H,13H2,1-3H3,(H,15,16,17,19). The fourth-order valence-corrected chi connectivity index (χ4v) is 1.61. The van der Waals surface area contributed by atoms with E-state index >= 15 is 0 Å². The van der Waals surface area contributed by atoms with E-state index in [4.69, 9.17) is 15.2 Å². The summed E-state index contributed by atoms with van der Waals surface area (Å²) in [4.78, 5) is 20.1. The van der Waals surface area contributed by atoms with Gasteiger partial charge in [0.05, 0.1) is 26.5 Å². The van der Waals surface area contributed by atoms with E-state index in [1.807, 2.05) is 0 Å². The fraction of sp³-hybridized carbons (Fsp3) is 0.333. The van der Waals surface area contributed by atoms with E-state index in [9.17, 15) is 4.79 Å². The lowest BCUT2D eigenvalue weighted by Gasteiger charge is -2.11. The Hall–Kier alpha value is -2.68. The van der Waals surface area contributed by atoms with Gasteiger partial charge in [0, 0.05) is 18.8 Å². The second-order valence-corrected chi connectivity index (χ2v) is 4.19. The van der Waals surface area contributed by atoms with E-state index in [-0.39, 0.29) is 17.7 Å². The molecule has 0 radical (unpaired) electrons. The normalized spacial score (nSPS) is 11.8. The maximum absolute atomic E-state index is 12.1. The average Bonchev–Trinajstić information content (AvgIpc) is 2.92. The molecule has 0 aliphatic carbocycles. The SMILES string of the molecule is COc1cc(OC)nc(NC(=O)C(N)c2cnn(C)c2)n1. The number of carbonyl (C=O) groups excluding carboxylic acids is 1. The van der Waals surface area contributed by atoms with Crippen LogP contribution in [0.1, 0.15) is 11.6 Å². The Morgan fingerprint density at radius 1 is 1.33 bits per heavy atom. The minimum atomic E-state index is -0.875. The molecule has 0 spiro atoms. The van der Waals surface area contributed by atoms with E-state index in [2.05, 4.69) is 20.4 Å². The number of aryl methyl sites for hydroxylation is 1. The number of carbonyl (C=O) groups is 1. The maximum Gasteiger partial charge on any atom is 0.248 e. The van der Waals surface area contributed by atoms with Gasteiger partial charge in [0.2, 0.25) is 23.6 Å². The van der Waals surface area contributed by atoms with Crippen LogP contribution >= 0.6 is 0 Å². The first kappa shape index (κ1) is 14.7. The molecule has 1 unspecified atom stereocenters. The summed E-state index contributed by atoms with van der Waals surface area (Å²) >= 11 is 0. The van der Waals surface area contributed by atoms with Gasteiger partial charge in [-0.25, -0.2) is 0 Å². The lowest BCUT2D eigenvalue weighted by Crippen LogP contribution is -2.28. The Kier molecular flexibility index (Phi) is 4.33. The Morgan fingerprint density at radius 3 is 2.43 bits per heavy atom. The van der Waals surface area contributed by atoms with Crippen molar-refractivity contribution >= 4 is 11.9 Å². The quantitative estimate of drug-likeness (QED) is 0.788. The van der Waals surface area contributed by atoms with Crippen LogP contribution in [-0.4, -0.2) is 39.9 Å². The highest BCUT2D eigenvalue weighted by Crippen LogP contribution is 2.18. The smallest absolute Gasteiger partial charge is 0.248 e. The molecule has 2 aromatic rings. The number of nitrogens with two attached hydrogens (primary N) is 1. The number of aromatic nitrogens is 4.